The number of nitrogens with one attached hydrogen (secondary N) is 1. The van der Waals surface area contributed by atoms with Gasteiger partial charge in [-0.3, -0.25) is 15.1 Å². The Hall–Kier alpha value is -4.09. The standard InChI is InChI=1S/C23H19F3N6O3/c1-11(5-18(33)20-14-9-32(2)22(34)30-21(14)28-10-27-20)19-8-17(31-35-19)16-7-12-6-13(23(24,25)26)3-4-15(12)29-16/h3-4,6,8,10-11H,5,7,9H2,1-2H3,(H,27,28,30,34)/t11-/m0/s1. The van der Waals surface area contributed by atoms with Gasteiger partial charge in [-0.1, -0.05) is 12.1 Å². The predicted molar refractivity (Wildman–Crippen MR) is 118 cm³/mol. The fourth-order valence-electron chi connectivity index (χ4n) is 4.07. The third-order valence-corrected chi connectivity index (χ3v) is 6.00. The molecule has 1 aromatic carbocycles. The van der Waals surface area contributed by atoms with Crippen LogP contribution in [0.15, 0.2) is 40.1 Å². The van der Waals surface area contributed by atoms with Gasteiger partial charge in [0.25, 0.3) is 0 Å². The van der Waals surface area contributed by atoms with Gasteiger partial charge in [0, 0.05) is 37.4 Å². The molecule has 3 aromatic rings. The van der Waals surface area contributed by atoms with E-state index in [0.717, 1.165) is 12.1 Å². The topological polar surface area (TPSA) is 114 Å². The van der Waals surface area contributed by atoms with Crippen LogP contribution in [0, 0.1) is 0 Å². The van der Waals surface area contributed by atoms with Crippen LogP contribution >= 0.6 is 0 Å². The normalized spacial score (nSPS) is 15.9. The van der Waals surface area contributed by atoms with Gasteiger partial charge in [0.05, 0.1) is 23.5 Å². The molecular formula is C23H19F3N6O3. The Kier molecular flexibility index (Phi) is 5.37. The van der Waals surface area contributed by atoms with E-state index < -0.39 is 11.7 Å². The molecule has 0 saturated carbocycles. The van der Waals surface area contributed by atoms with Crippen LogP contribution in [0.1, 0.15) is 57.9 Å². The van der Waals surface area contributed by atoms with Gasteiger partial charge in [-0.25, -0.2) is 14.8 Å². The molecule has 2 aliphatic heterocycles. The van der Waals surface area contributed by atoms with Crippen molar-refractivity contribution in [1.82, 2.24) is 20.0 Å². The van der Waals surface area contributed by atoms with Gasteiger partial charge in [-0.2, -0.15) is 13.2 Å². The third-order valence-electron chi connectivity index (χ3n) is 6.00. The van der Waals surface area contributed by atoms with E-state index in [1.165, 1.54) is 17.3 Å². The van der Waals surface area contributed by atoms with Crippen LogP contribution in [0.4, 0.5) is 29.5 Å². The molecule has 5 rings (SSSR count). The first-order valence-electron chi connectivity index (χ1n) is 10.7. The molecule has 0 radical (unpaired) electrons. The average molecular weight is 484 g/mol. The molecule has 0 bridgehead atoms. The smallest absolute Gasteiger partial charge is 0.360 e. The van der Waals surface area contributed by atoms with E-state index in [0.29, 0.717) is 39.8 Å². The summed E-state index contributed by atoms with van der Waals surface area (Å²) in [6.07, 6.45) is -2.93. The first kappa shape index (κ1) is 22.7. The lowest BCUT2D eigenvalue weighted by molar-refractivity contribution is -0.137. The molecule has 9 nitrogen and oxygen atoms in total. The number of amides is 2. The van der Waals surface area contributed by atoms with E-state index in [1.54, 1.807) is 20.0 Å². The minimum atomic E-state index is -4.43. The summed E-state index contributed by atoms with van der Waals surface area (Å²) in [7, 11) is 1.60. The SMILES string of the molecule is C[C@@H](CC(=O)c1ncnc2c1CN(C)C(=O)N2)c1cc(C2=Nc3ccc(C(F)(F)F)cc3C2)no1. The number of aliphatic imine (C=N–C) groups is 1. The second kappa shape index (κ2) is 8.29. The largest absolute Gasteiger partial charge is 0.416 e. The summed E-state index contributed by atoms with van der Waals surface area (Å²) >= 11 is 0. The van der Waals surface area contributed by atoms with Crippen LogP contribution < -0.4 is 5.32 Å². The number of fused-ring (bicyclic) bond motifs is 2. The van der Waals surface area contributed by atoms with E-state index in [1.807, 2.05) is 0 Å². The number of urea groups is 1. The van der Waals surface area contributed by atoms with Crippen molar-refractivity contribution in [2.24, 2.45) is 4.99 Å². The number of rotatable bonds is 5. The number of halogens is 3. The maximum absolute atomic E-state index is 13.0. The number of Topliss-reactive ketones (excluding diaryl/α,β-unsaturated/α-hetero) is 1. The molecule has 0 aliphatic carbocycles. The summed E-state index contributed by atoms with van der Waals surface area (Å²) in [5.41, 5.74) is 1.88. The van der Waals surface area contributed by atoms with E-state index in [-0.39, 0.29) is 42.8 Å². The Morgan fingerprint density at radius 1 is 1.26 bits per heavy atom. The van der Waals surface area contributed by atoms with Crippen LogP contribution in [0.5, 0.6) is 0 Å². The number of benzene rings is 1. The summed E-state index contributed by atoms with van der Waals surface area (Å²) in [6, 6.07) is 4.77. The zero-order chi connectivity index (χ0) is 24.9. The highest BCUT2D eigenvalue weighted by Crippen LogP contribution is 2.36. The van der Waals surface area contributed by atoms with E-state index >= 15 is 0 Å². The number of carbonyl (C=O) groups is 2. The second-order valence-corrected chi connectivity index (χ2v) is 8.56. The summed E-state index contributed by atoms with van der Waals surface area (Å²) in [5.74, 6) is 0.153. The first-order chi connectivity index (χ1) is 16.6. The molecule has 1 atom stereocenters. The highest BCUT2D eigenvalue weighted by atomic mass is 19.4. The van der Waals surface area contributed by atoms with Crippen molar-refractivity contribution in [3.05, 3.63) is 64.4 Å². The predicted octanol–water partition coefficient (Wildman–Crippen LogP) is 4.51. The molecule has 0 unspecified atom stereocenters. The molecular weight excluding hydrogens is 465 g/mol. The second-order valence-electron chi connectivity index (χ2n) is 8.56. The molecule has 180 valence electrons. The maximum Gasteiger partial charge on any atom is 0.416 e. The van der Waals surface area contributed by atoms with E-state index in [4.69, 9.17) is 4.52 Å². The molecule has 12 heteroatoms. The molecule has 0 spiro atoms. The number of alkyl halides is 3. The highest BCUT2D eigenvalue weighted by molar-refractivity contribution is 6.05. The van der Waals surface area contributed by atoms with Crippen molar-refractivity contribution in [3.63, 3.8) is 0 Å². The molecule has 2 aromatic heterocycles. The van der Waals surface area contributed by atoms with Crippen molar-refractivity contribution >= 4 is 29.0 Å². The Morgan fingerprint density at radius 2 is 2.06 bits per heavy atom. The quantitative estimate of drug-likeness (QED) is 0.533. The minimum absolute atomic E-state index is 0.0669. The van der Waals surface area contributed by atoms with Gasteiger partial charge in [0.15, 0.2) is 5.78 Å². The van der Waals surface area contributed by atoms with Gasteiger partial charge in [0.1, 0.15) is 29.3 Å². The van der Waals surface area contributed by atoms with Crippen LogP contribution in [0.2, 0.25) is 0 Å². The molecule has 35 heavy (non-hydrogen) atoms. The lowest BCUT2D eigenvalue weighted by Crippen LogP contribution is -2.37. The molecule has 0 saturated heterocycles. The van der Waals surface area contributed by atoms with Crippen LogP contribution in [0.3, 0.4) is 0 Å². The highest BCUT2D eigenvalue weighted by Gasteiger charge is 2.32. The molecule has 4 heterocycles. The molecule has 1 N–H and O–H groups in total. The monoisotopic (exact) mass is 484 g/mol. The number of anilines is 1. The number of hydrogen-bond donors (Lipinski definition) is 1. The van der Waals surface area contributed by atoms with Gasteiger partial charge >= 0.3 is 12.2 Å². The Bertz CT molecular complexity index is 1380. The van der Waals surface area contributed by atoms with Gasteiger partial charge in [-0.05, 0) is 23.8 Å². The maximum atomic E-state index is 13.0. The third kappa shape index (κ3) is 4.27. The first-order valence-corrected chi connectivity index (χ1v) is 10.7. The fourth-order valence-corrected chi connectivity index (χ4v) is 4.07. The Balaban J connectivity index is 1.30. The summed E-state index contributed by atoms with van der Waals surface area (Å²) < 4.78 is 44.4. The number of aromatic nitrogens is 3. The zero-order valence-electron chi connectivity index (χ0n) is 18.7. The van der Waals surface area contributed by atoms with Gasteiger partial charge in [0.2, 0.25) is 0 Å². The van der Waals surface area contributed by atoms with Crippen molar-refractivity contribution in [2.45, 2.75) is 38.4 Å². The van der Waals surface area contributed by atoms with Crippen LogP contribution in [0.25, 0.3) is 0 Å². The molecule has 2 amide bonds. The van der Waals surface area contributed by atoms with Gasteiger partial charge < -0.3 is 9.42 Å². The number of ketones is 1. The van der Waals surface area contributed by atoms with E-state index in [9.17, 15) is 22.8 Å². The summed E-state index contributed by atoms with van der Waals surface area (Å²) in [5, 5.41) is 6.65. The average Bonchev–Trinajstić information content (AvgIpc) is 3.45. The number of nitrogens with zero attached hydrogens (tertiary/aromatic N) is 5. The van der Waals surface area contributed by atoms with E-state index in [2.05, 4.69) is 25.4 Å². The molecule has 2 aliphatic rings. The van der Waals surface area contributed by atoms with Crippen molar-refractivity contribution in [2.75, 3.05) is 12.4 Å². The van der Waals surface area contributed by atoms with Crippen LogP contribution in [-0.4, -0.2) is 44.6 Å². The van der Waals surface area contributed by atoms with Crippen molar-refractivity contribution < 1.29 is 27.3 Å². The Labute approximate surface area is 197 Å². The van der Waals surface area contributed by atoms with Gasteiger partial charge in [-0.15, -0.1) is 0 Å². The van der Waals surface area contributed by atoms with Crippen LogP contribution in [-0.2, 0) is 19.1 Å². The molecule has 0 fully saturated rings. The lowest BCUT2D eigenvalue weighted by Gasteiger charge is -2.26. The number of carbonyl (C=O) groups excluding carboxylic acids is 2. The number of hydrogen-bond acceptors (Lipinski definition) is 7. The zero-order valence-corrected chi connectivity index (χ0v) is 18.7. The summed E-state index contributed by atoms with van der Waals surface area (Å²) in [4.78, 5) is 38.8. The Morgan fingerprint density at radius 3 is 2.83 bits per heavy atom. The summed E-state index contributed by atoms with van der Waals surface area (Å²) in [6.45, 7) is 2.00. The minimum Gasteiger partial charge on any atom is -0.360 e. The lowest BCUT2D eigenvalue weighted by atomic mass is 9.97. The fraction of sp³-hybridized carbons (Fsp3) is 0.304. The van der Waals surface area contributed by atoms with Crippen molar-refractivity contribution in [3.8, 4) is 0 Å². The van der Waals surface area contributed by atoms with Crippen molar-refractivity contribution in [1.29, 1.82) is 0 Å².